The molecular weight excluding hydrogens is 224 g/mol. The smallest absolute Gasteiger partial charge is 0.220 e. The van der Waals surface area contributed by atoms with E-state index in [2.05, 4.69) is 19.2 Å². The molecule has 2 aliphatic carbocycles. The lowest BCUT2D eigenvalue weighted by Crippen LogP contribution is -2.40. The van der Waals surface area contributed by atoms with Crippen molar-refractivity contribution in [3.05, 3.63) is 0 Å². The van der Waals surface area contributed by atoms with Crippen LogP contribution in [0.25, 0.3) is 0 Å². The van der Waals surface area contributed by atoms with Crippen LogP contribution in [0.15, 0.2) is 0 Å². The number of carbonyl (C=O) groups excluding carboxylic acids is 1. The number of nitrogens with one attached hydrogen (secondary N) is 1. The molecule has 104 valence electrons. The molecule has 0 bridgehead atoms. The summed E-state index contributed by atoms with van der Waals surface area (Å²) in [6, 6.07) is 0.657. The maximum absolute atomic E-state index is 12.0. The van der Waals surface area contributed by atoms with Gasteiger partial charge in [0, 0.05) is 18.5 Å². The Hall–Kier alpha value is -0.570. The zero-order chi connectivity index (χ0) is 13.2. The van der Waals surface area contributed by atoms with Crippen LogP contribution >= 0.6 is 0 Å². The van der Waals surface area contributed by atoms with Crippen LogP contribution in [0.4, 0.5) is 0 Å². The molecule has 0 aliphatic heterocycles. The molecule has 0 unspecified atom stereocenters. The molecule has 0 spiro atoms. The molecule has 2 rings (SSSR count). The summed E-state index contributed by atoms with van der Waals surface area (Å²) in [4.78, 5) is 12.0. The van der Waals surface area contributed by atoms with Crippen molar-refractivity contribution in [1.82, 2.24) is 5.32 Å². The van der Waals surface area contributed by atoms with Gasteiger partial charge in [-0.25, -0.2) is 0 Å². The van der Waals surface area contributed by atoms with Crippen molar-refractivity contribution >= 4 is 5.91 Å². The lowest BCUT2D eigenvalue weighted by molar-refractivity contribution is -0.123. The van der Waals surface area contributed by atoms with Crippen molar-refractivity contribution in [3.63, 3.8) is 0 Å². The summed E-state index contributed by atoms with van der Waals surface area (Å²) in [6.45, 7) is 4.64. The first-order valence-electron chi connectivity index (χ1n) is 7.51. The van der Waals surface area contributed by atoms with Crippen molar-refractivity contribution in [2.75, 3.05) is 0 Å². The Morgan fingerprint density at radius 2 is 1.89 bits per heavy atom. The highest BCUT2D eigenvalue weighted by Crippen LogP contribution is 2.35. The van der Waals surface area contributed by atoms with Crippen LogP contribution in [-0.2, 0) is 4.79 Å². The summed E-state index contributed by atoms with van der Waals surface area (Å²) in [5.41, 5.74) is 6.48. The summed E-state index contributed by atoms with van der Waals surface area (Å²) in [5.74, 6) is 0.645. The Morgan fingerprint density at radius 3 is 2.44 bits per heavy atom. The second kappa shape index (κ2) is 5.60. The van der Waals surface area contributed by atoms with E-state index in [1.54, 1.807) is 0 Å². The SMILES string of the molecule is CC1(C)CCC(NC(=O)C[C@@H]2CCC[C@H]2N)CC1. The van der Waals surface area contributed by atoms with Gasteiger partial charge in [-0.3, -0.25) is 4.79 Å². The van der Waals surface area contributed by atoms with Gasteiger partial charge < -0.3 is 11.1 Å². The normalized spacial score (nSPS) is 32.4. The predicted octanol–water partition coefficient (Wildman–Crippen LogP) is 2.59. The Balaban J connectivity index is 1.71. The number of hydrogen-bond acceptors (Lipinski definition) is 2. The second-order valence-corrected chi connectivity index (χ2v) is 7.06. The van der Waals surface area contributed by atoms with Gasteiger partial charge in [-0.2, -0.15) is 0 Å². The second-order valence-electron chi connectivity index (χ2n) is 7.06. The third-order valence-corrected chi connectivity index (χ3v) is 4.87. The molecule has 0 aromatic carbocycles. The van der Waals surface area contributed by atoms with Crippen LogP contribution in [-0.4, -0.2) is 18.0 Å². The maximum Gasteiger partial charge on any atom is 0.220 e. The van der Waals surface area contributed by atoms with Crippen molar-refractivity contribution in [3.8, 4) is 0 Å². The van der Waals surface area contributed by atoms with Crippen molar-refractivity contribution < 1.29 is 4.79 Å². The number of amides is 1. The van der Waals surface area contributed by atoms with Gasteiger partial charge in [0.15, 0.2) is 0 Å². The fourth-order valence-electron chi connectivity index (χ4n) is 3.39. The van der Waals surface area contributed by atoms with E-state index < -0.39 is 0 Å². The van der Waals surface area contributed by atoms with Crippen LogP contribution in [0.1, 0.15) is 65.2 Å². The molecule has 2 atom stereocenters. The number of nitrogens with two attached hydrogens (primary N) is 1. The van der Waals surface area contributed by atoms with E-state index >= 15 is 0 Å². The molecular formula is C15H28N2O. The quantitative estimate of drug-likeness (QED) is 0.811. The Kier molecular flexibility index (Phi) is 4.31. The first-order valence-corrected chi connectivity index (χ1v) is 7.51. The van der Waals surface area contributed by atoms with Crippen LogP contribution < -0.4 is 11.1 Å². The fourth-order valence-corrected chi connectivity index (χ4v) is 3.39. The van der Waals surface area contributed by atoms with Gasteiger partial charge in [-0.05, 0) is 49.9 Å². The summed E-state index contributed by atoms with van der Waals surface area (Å²) in [7, 11) is 0. The highest BCUT2D eigenvalue weighted by Gasteiger charge is 2.29. The lowest BCUT2D eigenvalue weighted by atomic mass is 9.75. The molecule has 0 aromatic rings. The summed E-state index contributed by atoms with van der Waals surface area (Å²) in [5, 5.41) is 3.21. The van der Waals surface area contributed by atoms with Crippen LogP contribution in [0.3, 0.4) is 0 Å². The molecule has 0 aromatic heterocycles. The van der Waals surface area contributed by atoms with Gasteiger partial charge in [-0.1, -0.05) is 20.3 Å². The van der Waals surface area contributed by atoms with Crippen LogP contribution in [0, 0.1) is 11.3 Å². The molecule has 2 aliphatic rings. The fraction of sp³-hybridized carbons (Fsp3) is 0.933. The van der Waals surface area contributed by atoms with Crippen molar-refractivity contribution in [2.24, 2.45) is 17.1 Å². The molecule has 3 heteroatoms. The van der Waals surface area contributed by atoms with Gasteiger partial charge in [0.25, 0.3) is 0 Å². The first kappa shape index (κ1) is 13.9. The summed E-state index contributed by atoms with van der Waals surface area (Å²) >= 11 is 0. The molecule has 2 saturated carbocycles. The van der Waals surface area contributed by atoms with E-state index in [1.807, 2.05) is 0 Å². The highest BCUT2D eigenvalue weighted by molar-refractivity contribution is 5.76. The zero-order valence-corrected chi connectivity index (χ0v) is 11.9. The largest absolute Gasteiger partial charge is 0.353 e. The molecule has 0 radical (unpaired) electrons. The Labute approximate surface area is 111 Å². The third kappa shape index (κ3) is 3.71. The van der Waals surface area contributed by atoms with E-state index in [9.17, 15) is 4.79 Å². The summed E-state index contributed by atoms with van der Waals surface area (Å²) in [6.07, 6.45) is 8.77. The molecule has 18 heavy (non-hydrogen) atoms. The molecule has 1 amide bonds. The average molecular weight is 252 g/mol. The molecule has 0 heterocycles. The van der Waals surface area contributed by atoms with Crippen LogP contribution in [0.2, 0.25) is 0 Å². The minimum absolute atomic E-state index is 0.224. The van der Waals surface area contributed by atoms with E-state index in [1.165, 1.54) is 19.3 Å². The number of rotatable bonds is 3. The number of hydrogen-bond donors (Lipinski definition) is 2. The first-order chi connectivity index (χ1) is 8.46. The highest BCUT2D eigenvalue weighted by atomic mass is 16.1. The lowest BCUT2D eigenvalue weighted by Gasteiger charge is -2.34. The third-order valence-electron chi connectivity index (χ3n) is 4.87. The maximum atomic E-state index is 12.0. The van der Waals surface area contributed by atoms with Gasteiger partial charge >= 0.3 is 0 Å². The minimum Gasteiger partial charge on any atom is -0.353 e. The predicted molar refractivity (Wildman–Crippen MR) is 74.1 cm³/mol. The van der Waals surface area contributed by atoms with Gasteiger partial charge in [-0.15, -0.1) is 0 Å². The van der Waals surface area contributed by atoms with Gasteiger partial charge in [0.1, 0.15) is 0 Å². The standard InChI is InChI=1S/C15H28N2O/c1-15(2)8-6-12(7-9-15)17-14(18)10-11-4-3-5-13(11)16/h11-13H,3-10,16H2,1-2H3,(H,17,18)/t11-,13+/m0/s1. The molecule has 0 saturated heterocycles. The van der Waals surface area contributed by atoms with Crippen molar-refractivity contribution in [2.45, 2.75) is 77.3 Å². The topological polar surface area (TPSA) is 55.1 Å². The molecule has 3 nitrogen and oxygen atoms in total. The van der Waals surface area contributed by atoms with E-state index in [-0.39, 0.29) is 11.9 Å². The van der Waals surface area contributed by atoms with E-state index in [4.69, 9.17) is 5.73 Å². The van der Waals surface area contributed by atoms with Gasteiger partial charge in [0.2, 0.25) is 5.91 Å². The van der Waals surface area contributed by atoms with E-state index in [0.29, 0.717) is 23.8 Å². The zero-order valence-electron chi connectivity index (χ0n) is 11.9. The number of carbonyl (C=O) groups is 1. The minimum atomic E-state index is 0.224. The van der Waals surface area contributed by atoms with Gasteiger partial charge in [0.05, 0.1) is 0 Å². The Bertz CT molecular complexity index is 291. The van der Waals surface area contributed by atoms with E-state index in [0.717, 1.165) is 25.7 Å². The summed E-state index contributed by atoms with van der Waals surface area (Å²) < 4.78 is 0. The van der Waals surface area contributed by atoms with Crippen LogP contribution in [0.5, 0.6) is 0 Å². The average Bonchev–Trinajstić information content (AvgIpc) is 2.68. The monoisotopic (exact) mass is 252 g/mol. The van der Waals surface area contributed by atoms with Crippen molar-refractivity contribution in [1.29, 1.82) is 0 Å². The molecule has 2 fully saturated rings. The molecule has 3 N–H and O–H groups in total. The Morgan fingerprint density at radius 1 is 1.22 bits per heavy atom.